The van der Waals surface area contributed by atoms with Gasteiger partial charge in [0.15, 0.2) is 0 Å². The monoisotopic (exact) mass is 285 g/mol. The van der Waals surface area contributed by atoms with Crippen LogP contribution in [0, 0.1) is 0 Å². The Bertz CT molecular complexity index is 634. The van der Waals surface area contributed by atoms with Crippen molar-refractivity contribution in [2.45, 2.75) is 6.42 Å². The van der Waals surface area contributed by atoms with Gasteiger partial charge in [-0.05, 0) is 30.0 Å². The molecular formula is C15H15N3OS. The van der Waals surface area contributed by atoms with Gasteiger partial charge >= 0.3 is 0 Å². The van der Waals surface area contributed by atoms with Gasteiger partial charge in [-0.25, -0.2) is 0 Å². The molecule has 1 aliphatic heterocycles. The Hall–Kier alpha value is -2.14. The largest absolute Gasteiger partial charge is 0.370 e. The number of amides is 1. The lowest BCUT2D eigenvalue weighted by molar-refractivity contribution is 0.103. The summed E-state index contributed by atoms with van der Waals surface area (Å²) in [6.07, 6.45) is 1.05. The maximum atomic E-state index is 12.1. The summed E-state index contributed by atoms with van der Waals surface area (Å²) >= 11 is 1.43. The Morgan fingerprint density at radius 1 is 1.25 bits per heavy atom. The Kier molecular flexibility index (Phi) is 3.78. The van der Waals surface area contributed by atoms with E-state index in [4.69, 9.17) is 0 Å². The standard InChI is InChI=1S/C15H15N3OS/c19-15(13-7-3-10-20-13)18-12-6-2-1-5-11(12)14-16-8-4-9-17-14/h1-3,5-7,10H,4,8-9H2,(H,16,17)(H,18,19). The molecule has 0 aliphatic carbocycles. The second kappa shape index (κ2) is 5.88. The molecule has 1 aromatic heterocycles. The first-order valence-corrected chi connectivity index (χ1v) is 7.45. The van der Waals surface area contributed by atoms with E-state index < -0.39 is 0 Å². The summed E-state index contributed by atoms with van der Waals surface area (Å²) in [5.74, 6) is 0.780. The minimum absolute atomic E-state index is 0.0798. The molecule has 1 aromatic carbocycles. The van der Waals surface area contributed by atoms with Crippen molar-refractivity contribution >= 4 is 28.8 Å². The zero-order valence-electron chi connectivity index (χ0n) is 10.9. The second-order valence-corrected chi connectivity index (χ2v) is 5.44. The fourth-order valence-electron chi connectivity index (χ4n) is 2.10. The normalized spacial score (nSPS) is 14.3. The first kappa shape index (κ1) is 12.9. The number of rotatable bonds is 3. The average molecular weight is 285 g/mol. The molecule has 0 saturated heterocycles. The van der Waals surface area contributed by atoms with E-state index in [0.29, 0.717) is 4.88 Å². The highest BCUT2D eigenvalue weighted by atomic mass is 32.1. The number of para-hydroxylation sites is 1. The number of nitrogens with one attached hydrogen (secondary N) is 2. The summed E-state index contributed by atoms with van der Waals surface area (Å²) < 4.78 is 0. The molecule has 0 saturated carbocycles. The van der Waals surface area contributed by atoms with Crippen LogP contribution in [0.3, 0.4) is 0 Å². The van der Waals surface area contributed by atoms with Gasteiger partial charge in [0.05, 0.1) is 10.6 Å². The van der Waals surface area contributed by atoms with Crippen LogP contribution in [0.15, 0.2) is 46.8 Å². The van der Waals surface area contributed by atoms with Gasteiger partial charge in [-0.3, -0.25) is 9.79 Å². The molecule has 3 rings (SSSR count). The topological polar surface area (TPSA) is 53.5 Å². The second-order valence-electron chi connectivity index (χ2n) is 4.49. The van der Waals surface area contributed by atoms with Gasteiger partial charge in [-0.1, -0.05) is 18.2 Å². The molecular weight excluding hydrogens is 270 g/mol. The SMILES string of the molecule is O=C(Nc1ccccc1C1=NCCCN1)c1cccs1. The Labute approximate surface area is 121 Å². The molecule has 2 N–H and O–H groups in total. The van der Waals surface area contributed by atoms with E-state index in [-0.39, 0.29) is 5.91 Å². The number of nitrogens with zero attached hydrogens (tertiary/aromatic N) is 1. The Balaban J connectivity index is 1.86. The van der Waals surface area contributed by atoms with Gasteiger partial charge in [-0.15, -0.1) is 11.3 Å². The number of carbonyl (C=O) groups excluding carboxylic acids is 1. The van der Waals surface area contributed by atoms with Crippen LogP contribution in [0.25, 0.3) is 0 Å². The molecule has 0 atom stereocenters. The summed E-state index contributed by atoms with van der Waals surface area (Å²) in [5, 5.41) is 8.14. The number of hydrogen-bond donors (Lipinski definition) is 2. The molecule has 102 valence electrons. The highest BCUT2D eigenvalue weighted by Gasteiger charge is 2.14. The molecule has 0 unspecified atom stereocenters. The Morgan fingerprint density at radius 2 is 2.15 bits per heavy atom. The molecule has 0 fully saturated rings. The predicted octanol–water partition coefficient (Wildman–Crippen LogP) is 2.74. The third-order valence-corrected chi connectivity index (χ3v) is 3.94. The van der Waals surface area contributed by atoms with Crippen LogP contribution < -0.4 is 10.6 Å². The van der Waals surface area contributed by atoms with Crippen molar-refractivity contribution in [1.82, 2.24) is 5.32 Å². The maximum Gasteiger partial charge on any atom is 0.265 e. The van der Waals surface area contributed by atoms with Crippen LogP contribution in [0.5, 0.6) is 0 Å². The highest BCUT2D eigenvalue weighted by molar-refractivity contribution is 7.12. The van der Waals surface area contributed by atoms with Crippen LogP contribution in [0.4, 0.5) is 5.69 Å². The predicted molar refractivity (Wildman–Crippen MR) is 82.7 cm³/mol. The summed E-state index contributed by atoms with van der Waals surface area (Å²) in [5.41, 5.74) is 1.73. The number of carbonyl (C=O) groups is 1. The smallest absolute Gasteiger partial charge is 0.265 e. The van der Waals surface area contributed by atoms with E-state index in [0.717, 1.165) is 36.6 Å². The molecule has 0 spiro atoms. The van der Waals surface area contributed by atoms with Crippen molar-refractivity contribution in [3.05, 3.63) is 52.2 Å². The molecule has 4 nitrogen and oxygen atoms in total. The van der Waals surface area contributed by atoms with Gasteiger partial charge in [0, 0.05) is 18.7 Å². The summed E-state index contributed by atoms with van der Waals surface area (Å²) in [4.78, 5) is 17.3. The fraction of sp³-hybridized carbons (Fsp3) is 0.200. The van der Waals surface area contributed by atoms with E-state index in [2.05, 4.69) is 15.6 Å². The number of aliphatic imine (C=N–C) groups is 1. The number of anilines is 1. The van der Waals surface area contributed by atoms with Crippen molar-refractivity contribution in [1.29, 1.82) is 0 Å². The average Bonchev–Trinajstić information content (AvgIpc) is 3.03. The van der Waals surface area contributed by atoms with Crippen molar-refractivity contribution in [2.75, 3.05) is 18.4 Å². The maximum absolute atomic E-state index is 12.1. The Morgan fingerprint density at radius 3 is 2.90 bits per heavy atom. The summed E-state index contributed by atoms with van der Waals surface area (Å²) in [7, 11) is 0. The third-order valence-electron chi connectivity index (χ3n) is 3.07. The van der Waals surface area contributed by atoms with E-state index in [9.17, 15) is 4.79 Å². The number of hydrogen-bond acceptors (Lipinski definition) is 4. The minimum atomic E-state index is -0.0798. The van der Waals surface area contributed by atoms with Crippen molar-refractivity contribution in [3.8, 4) is 0 Å². The van der Waals surface area contributed by atoms with Crippen LogP contribution in [0.1, 0.15) is 21.7 Å². The van der Waals surface area contributed by atoms with Crippen LogP contribution in [0.2, 0.25) is 0 Å². The van der Waals surface area contributed by atoms with Crippen LogP contribution in [-0.2, 0) is 0 Å². The molecule has 20 heavy (non-hydrogen) atoms. The van der Waals surface area contributed by atoms with Crippen molar-refractivity contribution < 1.29 is 4.79 Å². The number of amidine groups is 1. The zero-order chi connectivity index (χ0) is 13.8. The molecule has 1 amide bonds. The van der Waals surface area contributed by atoms with Gasteiger partial charge in [0.1, 0.15) is 5.84 Å². The zero-order valence-corrected chi connectivity index (χ0v) is 11.7. The van der Waals surface area contributed by atoms with Crippen molar-refractivity contribution in [3.63, 3.8) is 0 Å². The number of benzene rings is 1. The van der Waals surface area contributed by atoms with E-state index >= 15 is 0 Å². The van der Waals surface area contributed by atoms with Gasteiger partial charge in [-0.2, -0.15) is 0 Å². The minimum Gasteiger partial charge on any atom is -0.370 e. The molecule has 5 heteroatoms. The quantitative estimate of drug-likeness (QED) is 0.911. The lowest BCUT2D eigenvalue weighted by atomic mass is 10.1. The van der Waals surface area contributed by atoms with Crippen molar-refractivity contribution in [2.24, 2.45) is 4.99 Å². The van der Waals surface area contributed by atoms with E-state index in [1.165, 1.54) is 11.3 Å². The molecule has 2 aromatic rings. The van der Waals surface area contributed by atoms with Crippen LogP contribution in [-0.4, -0.2) is 24.8 Å². The number of thiophene rings is 1. The van der Waals surface area contributed by atoms with Gasteiger partial charge in [0.2, 0.25) is 0 Å². The van der Waals surface area contributed by atoms with Gasteiger partial charge in [0.25, 0.3) is 5.91 Å². The molecule has 2 heterocycles. The molecule has 0 bridgehead atoms. The first-order chi connectivity index (χ1) is 9.84. The summed E-state index contributed by atoms with van der Waals surface area (Å²) in [6.45, 7) is 1.75. The molecule has 0 radical (unpaired) electrons. The lowest BCUT2D eigenvalue weighted by Crippen LogP contribution is -2.31. The summed E-state index contributed by atoms with van der Waals surface area (Å²) in [6, 6.07) is 11.4. The third kappa shape index (κ3) is 2.72. The first-order valence-electron chi connectivity index (χ1n) is 6.57. The van der Waals surface area contributed by atoms with Crippen LogP contribution >= 0.6 is 11.3 Å². The highest BCUT2D eigenvalue weighted by Crippen LogP contribution is 2.19. The lowest BCUT2D eigenvalue weighted by Gasteiger charge is -2.17. The van der Waals surface area contributed by atoms with E-state index in [1.54, 1.807) is 0 Å². The van der Waals surface area contributed by atoms with E-state index in [1.807, 2.05) is 41.8 Å². The molecule has 1 aliphatic rings. The fourth-order valence-corrected chi connectivity index (χ4v) is 2.72. The van der Waals surface area contributed by atoms with Gasteiger partial charge < -0.3 is 10.6 Å².